The molecule has 1 heterocycles. The van der Waals surface area contributed by atoms with Crippen molar-refractivity contribution in [3.05, 3.63) is 56.7 Å². The summed E-state index contributed by atoms with van der Waals surface area (Å²) in [6, 6.07) is 12.7. The Morgan fingerprint density at radius 2 is 2.12 bits per heavy atom. The highest BCUT2D eigenvalue weighted by atomic mass is 35.5. The predicted octanol–water partition coefficient (Wildman–Crippen LogP) is 4.27. The van der Waals surface area contributed by atoms with Crippen LogP contribution in [-0.2, 0) is 6.42 Å². The van der Waals surface area contributed by atoms with Crippen LogP contribution < -0.4 is 5.32 Å². The van der Waals surface area contributed by atoms with Crippen molar-refractivity contribution in [3.8, 4) is 0 Å². The van der Waals surface area contributed by atoms with E-state index < -0.39 is 0 Å². The van der Waals surface area contributed by atoms with Gasteiger partial charge in [0.25, 0.3) is 0 Å². The van der Waals surface area contributed by atoms with Crippen LogP contribution in [0.1, 0.15) is 28.3 Å². The van der Waals surface area contributed by atoms with E-state index in [0.717, 1.165) is 11.4 Å². The molecule has 0 fully saturated rings. The molecule has 0 bridgehead atoms. The Morgan fingerprint density at radius 3 is 2.71 bits per heavy atom. The van der Waals surface area contributed by atoms with Gasteiger partial charge in [0.05, 0.1) is 6.04 Å². The number of thiophene rings is 1. The molecule has 17 heavy (non-hydrogen) atoms. The minimum Gasteiger partial charge on any atom is -0.309 e. The number of rotatable bonds is 4. The summed E-state index contributed by atoms with van der Waals surface area (Å²) in [4.78, 5) is 2.76. The van der Waals surface area contributed by atoms with E-state index in [1.165, 1.54) is 15.3 Å². The van der Waals surface area contributed by atoms with Crippen LogP contribution in [-0.4, -0.2) is 7.05 Å². The summed E-state index contributed by atoms with van der Waals surface area (Å²) in [7, 11) is 1.98. The number of benzene rings is 1. The molecule has 0 aliphatic heterocycles. The lowest BCUT2D eigenvalue weighted by Gasteiger charge is -2.15. The topological polar surface area (TPSA) is 12.0 Å². The van der Waals surface area contributed by atoms with E-state index >= 15 is 0 Å². The molecule has 1 aromatic heterocycles. The SMILES string of the molecule is CCc1ccc(C(NC)c2cccc(Cl)c2)s1. The number of aryl methyl sites for hydroxylation is 1. The second kappa shape index (κ2) is 5.67. The van der Waals surface area contributed by atoms with Crippen LogP contribution in [0.25, 0.3) is 0 Å². The van der Waals surface area contributed by atoms with Gasteiger partial charge in [0, 0.05) is 14.8 Å². The number of nitrogens with one attached hydrogen (secondary N) is 1. The molecule has 2 aromatic rings. The smallest absolute Gasteiger partial charge is 0.0669 e. The fourth-order valence-electron chi connectivity index (χ4n) is 1.90. The molecule has 0 aliphatic carbocycles. The lowest BCUT2D eigenvalue weighted by atomic mass is 10.1. The van der Waals surface area contributed by atoms with Crippen LogP contribution in [0.2, 0.25) is 5.02 Å². The summed E-state index contributed by atoms with van der Waals surface area (Å²) in [5, 5.41) is 4.14. The lowest BCUT2D eigenvalue weighted by Crippen LogP contribution is -2.16. The third-order valence-electron chi connectivity index (χ3n) is 2.79. The van der Waals surface area contributed by atoms with Gasteiger partial charge in [-0.1, -0.05) is 30.7 Å². The monoisotopic (exact) mass is 265 g/mol. The Kier molecular flexibility index (Phi) is 4.21. The van der Waals surface area contributed by atoms with Gasteiger partial charge >= 0.3 is 0 Å². The van der Waals surface area contributed by atoms with Crippen molar-refractivity contribution >= 4 is 22.9 Å². The zero-order valence-corrected chi connectivity index (χ0v) is 11.6. The Hall–Kier alpha value is -0.830. The van der Waals surface area contributed by atoms with Gasteiger partial charge in [-0.25, -0.2) is 0 Å². The molecule has 1 unspecified atom stereocenters. The molecule has 0 radical (unpaired) electrons. The van der Waals surface area contributed by atoms with Crippen LogP contribution in [0.5, 0.6) is 0 Å². The summed E-state index contributed by atoms with van der Waals surface area (Å²) >= 11 is 7.90. The molecule has 0 saturated carbocycles. The zero-order chi connectivity index (χ0) is 12.3. The normalized spacial score (nSPS) is 12.6. The molecule has 1 aromatic carbocycles. The van der Waals surface area contributed by atoms with Gasteiger partial charge in [-0.3, -0.25) is 0 Å². The molecule has 0 aliphatic rings. The van der Waals surface area contributed by atoms with Crippen LogP contribution in [0.15, 0.2) is 36.4 Å². The maximum atomic E-state index is 6.04. The van der Waals surface area contributed by atoms with Crippen molar-refractivity contribution < 1.29 is 0 Å². The van der Waals surface area contributed by atoms with E-state index in [9.17, 15) is 0 Å². The Bertz CT molecular complexity index is 492. The van der Waals surface area contributed by atoms with Crippen LogP contribution in [0.4, 0.5) is 0 Å². The minimum absolute atomic E-state index is 0.235. The van der Waals surface area contributed by atoms with E-state index in [1.54, 1.807) is 0 Å². The summed E-state index contributed by atoms with van der Waals surface area (Å²) in [6.45, 7) is 2.18. The van der Waals surface area contributed by atoms with Gasteiger partial charge in [0.15, 0.2) is 0 Å². The third kappa shape index (κ3) is 2.89. The van der Waals surface area contributed by atoms with Gasteiger partial charge in [-0.05, 0) is 43.3 Å². The van der Waals surface area contributed by atoms with E-state index in [2.05, 4.69) is 30.4 Å². The second-order valence-corrected chi connectivity index (χ2v) is 5.57. The van der Waals surface area contributed by atoms with Crippen LogP contribution in [0, 0.1) is 0 Å². The summed E-state index contributed by atoms with van der Waals surface area (Å²) < 4.78 is 0. The molecule has 1 atom stereocenters. The largest absolute Gasteiger partial charge is 0.309 e. The molecule has 90 valence electrons. The van der Waals surface area contributed by atoms with Crippen LogP contribution in [0.3, 0.4) is 0 Å². The van der Waals surface area contributed by atoms with Crippen molar-refractivity contribution in [1.29, 1.82) is 0 Å². The molecule has 1 N–H and O–H groups in total. The fourth-order valence-corrected chi connectivity index (χ4v) is 3.19. The Balaban J connectivity index is 2.33. The predicted molar refractivity (Wildman–Crippen MR) is 76.1 cm³/mol. The standard InChI is InChI=1S/C14H16ClNS/c1-3-12-7-8-13(17-12)14(16-2)10-5-4-6-11(15)9-10/h4-9,14,16H,3H2,1-2H3. The molecule has 1 nitrogen and oxygen atoms in total. The maximum absolute atomic E-state index is 6.04. The first kappa shape index (κ1) is 12.6. The zero-order valence-electron chi connectivity index (χ0n) is 10.0. The van der Waals surface area contributed by atoms with Gasteiger partial charge in [-0.2, -0.15) is 0 Å². The van der Waals surface area contributed by atoms with Crippen LogP contribution >= 0.6 is 22.9 Å². The third-order valence-corrected chi connectivity index (χ3v) is 4.32. The first-order valence-corrected chi connectivity index (χ1v) is 6.95. The number of halogens is 1. The summed E-state index contributed by atoms with van der Waals surface area (Å²) in [5.74, 6) is 0. The maximum Gasteiger partial charge on any atom is 0.0669 e. The minimum atomic E-state index is 0.235. The molecule has 0 saturated heterocycles. The Labute approximate surface area is 111 Å². The lowest BCUT2D eigenvalue weighted by molar-refractivity contribution is 0.704. The van der Waals surface area contributed by atoms with Crippen molar-refractivity contribution in [2.45, 2.75) is 19.4 Å². The highest BCUT2D eigenvalue weighted by molar-refractivity contribution is 7.12. The molecular formula is C14H16ClNS. The first-order chi connectivity index (χ1) is 8.24. The number of hydrogen-bond donors (Lipinski definition) is 1. The summed E-state index contributed by atoms with van der Waals surface area (Å²) in [5.41, 5.74) is 1.21. The van der Waals surface area contributed by atoms with Crippen molar-refractivity contribution in [3.63, 3.8) is 0 Å². The van der Waals surface area contributed by atoms with Gasteiger partial charge < -0.3 is 5.32 Å². The molecule has 0 amide bonds. The van der Waals surface area contributed by atoms with Crippen molar-refractivity contribution in [2.75, 3.05) is 7.05 Å². The molecule has 3 heteroatoms. The van der Waals surface area contributed by atoms with E-state index in [0.29, 0.717) is 0 Å². The highest BCUT2D eigenvalue weighted by Gasteiger charge is 2.14. The quantitative estimate of drug-likeness (QED) is 0.870. The molecular weight excluding hydrogens is 250 g/mol. The van der Waals surface area contributed by atoms with E-state index in [-0.39, 0.29) is 6.04 Å². The van der Waals surface area contributed by atoms with Gasteiger partial charge in [-0.15, -0.1) is 11.3 Å². The molecule has 2 rings (SSSR count). The van der Waals surface area contributed by atoms with E-state index in [4.69, 9.17) is 11.6 Å². The van der Waals surface area contributed by atoms with Crippen molar-refractivity contribution in [1.82, 2.24) is 5.32 Å². The van der Waals surface area contributed by atoms with E-state index in [1.807, 2.05) is 36.6 Å². The molecule has 0 spiro atoms. The van der Waals surface area contributed by atoms with Crippen molar-refractivity contribution in [2.24, 2.45) is 0 Å². The number of hydrogen-bond acceptors (Lipinski definition) is 2. The van der Waals surface area contributed by atoms with Gasteiger partial charge in [0.2, 0.25) is 0 Å². The van der Waals surface area contributed by atoms with Gasteiger partial charge in [0.1, 0.15) is 0 Å². The Morgan fingerprint density at radius 1 is 1.29 bits per heavy atom. The average Bonchev–Trinajstić information content (AvgIpc) is 2.79. The highest BCUT2D eigenvalue weighted by Crippen LogP contribution is 2.29. The fraction of sp³-hybridized carbons (Fsp3) is 0.286. The first-order valence-electron chi connectivity index (χ1n) is 5.76. The summed E-state index contributed by atoms with van der Waals surface area (Å²) in [6.07, 6.45) is 1.09. The second-order valence-electron chi connectivity index (χ2n) is 3.93. The average molecular weight is 266 g/mol.